The fourth-order valence-corrected chi connectivity index (χ4v) is 3.67. The van der Waals surface area contributed by atoms with Gasteiger partial charge in [0.05, 0.1) is 0 Å². The van der Waals surface area contributed by atoms with Crippen LogP contribution >= 0.6 is 0 Å². The molecule has 0 saturated carbocycles. The highest BCUT2D eigenvalue weighted by atomic mass is 19.4. The van der Waals surface area contributed by atoms with Crippen LogP contribution in [-0.2, 0) is 21.3 Å². The van der Waals surface area contributed by atoms with Crippen LogP contribution in [0.4, 0.5) is 18.9 Å². The standard InChI is InChI=1S/C23H18F3NO4/c1-30-20-21(28)27-18-11-8-14(7-9-16-10-12-19(31-16)23(24,25)26)13-17(18)22(20,29)15-5-3-2-4-6-15/h2-13,20,29H,1H3,(H,27,28)/b9-7+. The summed E-state index contributed by atoms with van der Waals surface area (Å²) in [5, 5.41) is 14.4. The molecule has 1 amide bonds. The van der Waals surface area contributed by atoms with Gasteiger partial charge in [-0.1, -0.05) is 42.5 Å². The van der Waals surface area contributed by atoms with Gasteiger partial charge < -0.3 is 19.6 Å². The molecule has 8 heteroatoms. The number of aliphatic hydroxyl groups is 1. The number of nitrogens with one attached hydrogen (secondary N) is 1. The van der Waals surface area contributed by atoms with E-state index in [2.05, 4.69) is 5.32 Å². The zero-order chi connectivity index (χ0) is 22.2. The first-order valence-electron chi connectivity index (χ1n) is 9.34. The van der Waals surface area contributed by atoms with E-state index >= 15 is 0 Å². The summed E-state index contributed by atoms with van der Waals surface area (Å²) >= 11 is 0. The maximum absolute atomic E-state index is 12.7. The number of carbonyl (C=O) groups is 1. The molecule has 4 rings (SSSR count). The van der Waals surface area contributed by atoms with Crippen LogP contribution in [0.2, 0.25) is 0 Å². The molecule has 2 atom stereocenters. The molecule has 5 nitrogen and oxygen atoms in total. The number of alkyl halides is 3. The molecule has 0 bridgehead atoms. The van der Waals surface area contributed by atoms with Gasteiger partial charge in [-0.05, 0) is 41.5 Å². The summed E-state index contributed by atoms with van der Waals surface area (Å²) in [6.45, 7) is 0. The molecule has 3 aromatic rings. The summed E-state index contributed by atoms with van der Waals surface area (Å²) in [6, 6.07) is 15.7. The van der Waals surface area contributed by atoms with E-state index in [1.54, 1.807) is 54.6 Å². The van der Waals surface area contributed by atoms with Gasteiger partial charge in [-0.25, -0.2) is 0 Å². The van der Waals surface area contributed by atoms with Crippen molar-refractivity contribution in [2.24, 2.45) is 0 Å². The Balaban J connectivity index is 1.75. The van der Waals surface area contributed by atoms with E-state index in [9.17, 15) is 23.1 Å². The molecule has 0 spiro atoms. The number of benzene rings is 2. The van der Waals surface area contributed by atoms with Gasteiger partial charge in [-0.3, -0.25) is 4.79 Å². The number of anilines is 1. The molecule has 31 heavy (non-hydrogen) atoms. The molecule has 1 aromatic heterocycles. The maximum Gasteiger partial charge on any atom is 0.449 e. The summed E-state index contributed by atoms with van der Waals surface area (Å²) in [7, 11) is 1.34. The topological polar surface area (TPSA) is 71.7 Å². The van der Waals surface area contributed by atoms with E-state index in [0.29, 0.717) is 22.4 Å². The number of methoxy groups -OCH3 is 1. The second kappa shape index (κ2) is 7.72. The summed E-state index contributed by atoms with van der Waals surface area (Å²) in [6.07, 6.45) is -2.80. The Kier molecular flexibility index (Phi) is 5.20. The first-order chi connectivity index (χ1) is 14.7. The highest BCUT2D eigenvalue weighted by Gasteiger charge is 2.49. The quantitative estimate of drug-likeness (QED) is 0.632. The third-order valence-electron chi connectivity index (χ3n) is 5.13. The predicted octanol–water partition coefficient (Wildman–Crippen LogP) is 4.67. The van der Waals surface area contributed by atoms with Gasteiger partial charge in [0.25, 0.3) is 5.91 Å². The first kappa shape index (κ1) is 20.9. The van der Waals surface area contributed by atoms with E-state index in [0.717, 1.165) is 6.07 Å². The highest BCUT2D eigenvalue weighted by Crippen LogP contribution is 2.42. The van der Waals surface area contributed by atoms with E-state index < -0.39 is 29.5 Å². The Morgan fingerprint density at radius 3 is 2.48 bits per heavy atom. The minimum Gasteiger partial charge on any atom is -0.452 e. The number of hydrogen-bond acceptors (Lipinski definition) is 4. The van der Waals surface area contributed by atoms with Crippen molar-refractivity contribution < 1.29 is 32.2 Å². The van der Waals surface area contributed by atoms with Crippen LogP contribution < -0.4 is 5.32 Å². The maximum atomic E-state index is 12.7. The number of carbonyl (C=O) groups excluding carboxylic acids is 1. The Bertz CT molecular complexity index is 1140. The molecule has 1 aliphatic rings. The van der Waals surface area contributed by atoms with Gasteiger partial charge in [0.15, 0.2) is 11.7 Å². The molecule has 1 aliphatic heterocycles. The normalized spacial score (nSPS) is 21.2. The van der Waals surface area contributed by atoms with Crippen molar-refractivity contribution in [1.82, 2.24) is 0 Å². The van der Waals surface area contributed by atoms with Gasteiger partial charge in [-0.2, -0.15) is 13.2 Å². The second-order valence-electron chi connectivity index (χ2n) is 7.08. The Hall–Kier alpha value is -3.36. The minimum absolute atomic E-state index is 0.0337. The van der Waals surface area contributed by atoms with Crippen LogP contribution in [0.3, 0.4) is 0 Å². The SMILES string of the molecule is COC1C(=O)Nc2ccc(/C=C/c3ccc(C(F)(F)F)o3)cc2C1(O)c1ccccc1. The largest absolute Gasteiger partial charge is 0.452 e. The lowest BCUT2D eigenvalue weighted by atomic mass is 9.77. The molecule has 0 aliphatic carbocycles. The third-order valence-corrected chi connectivity index (χ3v) is 5.13. The Labute approximate surface area is 175 Å². The molecule has 2 aromatic carbocycles. The molecule has 0 radical (unpaired) electrons. The van der Waals surface area contributed by atoms with Crippen molar-refractivity contribution in [3.63, 3.8) is 0 Å². The van der Waals surface area contributed by atoms with Crippen LogP contribution in [0.5, 0.6) is 0 Å². The average molecular weight is 429 g/mol. The summed E-state index contributed by atoms with van der Waals surface area (Å²) in [5.74, 6) is -1.53. The van der Waals surface area contributed by atoms with Crippen LogP contribution in [0.15, 0.2) is 65.1 Å². The number of rotatable bonds is 4. The average Bonchev–Trinajstić information content (AvgIpc) is 3.23. The molecule has 2 N–H and O–H groups in total. The minimum atomic E-state index is -4.56. The van der Waals surface area contributed by atoms with Crippen molar-refractivity contribution in [1.29, 1.82) is 0 Å². The van der Waals surface area contributed by atoms with Gasteiger partial charge in [-0.15, -0.1) is 0 Å². The second-order valence-corrected chi connectivity index (χ2v) is 7.08. The molecule has 160 valence electrons. The zero-order valence-electron chi connectivity index (χ0n) is 16.3. The lowest BCUT2D eigenvalue weighted by Crippen LogP contribution is -2.52. The number of fused-ring (bicyclic) bond motifs is 1. The molecule has 2 unspecified atom stereocenters. The van der Waals surface area contributed by atoms with Crippen molar-refractivity contribution >= 4 is 23.7 Å². The first-order valence-corrected chi connectivity index (χ1v) is 9.34. The fraction of sp³-hybridized carbons (Fsp3) is 0.174. The highest BCUT2D eigenvalue weighted by molar-refractivity contribution is 6.00. The van der Waals surface area contributed by atoms with Gasteiger partial charge in [0, 0.05) is 18.4 Å². The van der Waals surface area contributed by atoms with Gasteiger partial charge in [0.2, 0.25) is 5.76 Å². The zero-order valence-corrected chi connectivity index (χ0v) is 16.3. The number of amides is 1. The molecular formula is C23H18F3NO4. The number of hydrogen-bond donors (Lipinski definition) is 2. The van der Waals surface area contributed by atoms with E-state index in [1.165, 1.54) is 19.3 Å². The summed E-state index contributed by atoms with van der Waals surface area (Å²) < 4.78 is 48.3. The third kappa shape index (κ3) is 3.75. The van der Waals surface area contributed by atoms with Crippen LogP contribution in [0, 0.1) is 0 Å². The van der Waals surface area contributed by atoms with E-state index in [4.69, 9.17) is 9.15 Å². The van der Waals surface area contributed by atoms with Crippen molar-refractivity contribution in [2.75, 3.05) is 12.4 Å². The number of furan rings is 1. The lowest BCUT2D eigenvalue weighted by Gasteiger charge is -2.40. The van der Waals surface area contributed by atoms with Crippen molar-refractivity contribution in [3.05, 3.63) is 88.9 Å². The molecule has 0 fully saturated rings. The van der Waals surface area contributed by atoms with Crippen molar-refractivity contribution in [3.8, 4) is 0 Å². The molecule has 0 saturated heterocycles. The van der Waals surface area contributed by atoms with Crippen LogP contribution in [0.25, 0.3) is 12.2 Å². The van der Waals surface area contributed by atoms with Crippen LogP contribution in [-0.4, -0.2) is 24.2 Å². The van der Waals surface area contributed by atoms with Crippen molar-refractivity contribution in [2.45, 2.75) is 17.9 Å². The number of ether oxygens (including phenoxy) is 1. The number of halogens is 3. The summed E-state index contributed by atoms with van der Waals surface area (Å²) in [5.41, 5.74) is 0.122. The monoisotopic (exact) mass is 429 g/mol. The van der Waals surface area contributed by atoms with Crippen LogP contribution in [0.1, 0.15) is 28.2 Å². The smallest absolute Gasteiger partial charge is 0.449 e. The lowest BCUT2D eigenvalue weighted by molar-refractivity contribution is -0.153. The van der Waals surface area contributed by atoms with Gasteiger partial charge >= 0.3 is 6.18 Å². The van der Waals surface area contributed by atoms with Gasteiger partial charge in [0.1, 0.15) is 5.76 Å². The Morgan fingerprint density at radius 2 is 1.84 bits per heavy atom. The van der Waals surface area contributed by atoms with E-state index in [1.807, 2.05) is 0 Å². The molecule has 2 heterocycles. The predicted molar refractivity (Wildman–Crippen MR) is 108 cm³/mol. The fourth-order valence-electron chi connectivity index (χ4n) is 3.67. The molecular weight excluding hydrogens is 411 g/mol. The summed E-state index contributed by atoms with van der Waals surface area (Å²) in [4.78, 5) is 12.5. The van der Waals surface area contributed by atoms with E-state index in [-0.39, 0.29) is 5.76 Å². The Morgan fingerprint density at radius 1 is 1.10 bits per heavy atom.